The van der Waals surface area contributed by atoms with Gasteiger partial charge in [0.2, 0.25) is 0 Å². The summed E-state index contributed by atoms with van der Waals surface area (Å²) in [4.78, 5) is 6.31. The van der Waals surface area contributed by atoms with Gasteiger partial charge in [-0.1, -0.05) is 13.8 Å². The first-order valence-electron chi connectivity index (χ1n) is 4.49. The highest BCUT2D eigenvalue weighted by Gasteiger charge is 2.44. The molecule has 0 saturated carbocycles. The summed E-state index contributed by atoms with van der Waals surface area (Å²) in [5.74, 6) is 0.323. The maximum atomic E-state index is 9.99. The fourth-order valence-electron chi connectivity index (χ4n) is 1.49. The second-order valence-corrected chi connectivity index (χ2v) is 4.80. The largest absolute Gasteiger partial charge is 0.386 e. The van der Waals surface area contributed by atoms with E-state index in [1.165, 1.54) is 0 Å². The lowest BCUT2D eigenvalue weighted by Crippen LogP contribution is -2.64. The molecule has 1 aliphatic rings. The highest BCUT2D eigenvalue weighted by atomic mass is 32.1. The molecule has 3 nitrogen and oxygen atoms in total. The summed E-state index contributed by atoms with van der Waals surface area (Å²) in [6.45, 7) is 5.55. The minimum absolute atomic E-state index is 0.323. The number of hydrogen-bond acceptors (Lipinski definition) is 4. The Morgan fingerprint density at radius 1 is 1.62 bits per heavy atom. The van der Waals surface area contributed by atoms with Gasteiger partial charge in [0.05, 0.1) is 13.1 Å². The molecule has 1 N–H and O–H groups in total. The molecule has 1 aromatic heterocycles. The molecule has 1 aromatic rings. The molecule has 2 rings (SSSR count). The molecule has 1 saturated heterocycles. The zero-order chi connectivity index (χ0) is 9.47. The molecular weight excluding hydrogens is 184 g/mol. The number of β-amino-alcohol motifs (C(OH)–C–C–N with tert-alkyl or cyclic N) is 1. The van der Waals surface area contributed by atoms with Crippen molar-refractivity contribution in [2.75, 3.05) is 18.0 Å². The van der Waals surface area contributed by atoms with Gasteiger partial charge >= 0.3 is 0 Å². The van der Waals surface area contributed by atoms with Crippen molar-refractivity contribution in [2.24, 2.45) is 5.92 Å². The van der Waals surface area contributed by atoms with Crippen LogP contribution >= 0.6 is 11.3 Å². The normalized spacial score (nSPS) is 20.5. The zero-order valence-corrected chi connectivity index (χ0v) is 8.71. The van der Waals surface area contributed by atoms with Crippen LogP contribution in [0.2, 0.25) is 0 Å². The van der Waals surface area contributed by atoms with E-state index in [4.69, 9.17) is 0 Å². The van der Waals surface area contributed by atoms with E-state index >= 15 is 0 Å². The van der Waals surface area contributed by atoms with Crippen molar-refractivity contribution in [3.63, 3.8) is 0 Å². The highest BCUT2D eigenvalue weighted by molar-refractivity contribution is 7.13. The summed E-state index contributed by atoms with van der Waals surface area (Å²) in [5, 5.41) is 13.0. The lowest BCUT2D eigenvalue weighted by molar-refractivity contribution is -0.0300. The van der Waals surface area contributed by atoms with Crippen molar-refractivity contribution in [3.8, 4) is 0 Å². The summed E-state index contributed by atoms with van der Waals surface area (Å²) in [7, 11) is 0. The molecule has 0 radical (unpaired) electrons. The number of anilines is 1. The molecule has 1 aliphatic heterocycles. The molecule has 0 bridgehead atoms. The zero-order valence-electron chi connectivity index (χ0n) is 7.90. The number of thiazole rings is 1. The second-order valence-electron chi connectivity index (χ2n) is 3.93. The summed E-state index contributed by atoms with van der Waals surface area (Å²) in [6, 6.07) is 0. The fraction of sp³-hybridized carbons (Fsp3) is 0.667. The van der Waals surface area contributed by atoms with E-state index in [1.807, 2.05) is 5.38 Å². The van der Waals surface area contributed by atoms with Gasteiger partial charge < -0.3 is 10.0 Å². The average molecular weight is 198 g/mol. The molecule has 13 heavy (non-hydrogen) atoms. The SMILES string of the molecule is CC(C)C1(O)CN(c2nccs2)C1. The van der Waals surface area contributed by atoms with E-state index < -0.39 is 5.60 Å². The quantitative estimate of drug-likeness (QED) is 0.779. The predicted octanol–water partition coefficient (Wildman–Crippen LogP) is 1.35. The molecule has 0 unspecified atom stereocenters. The lowest BCUT2D eigenvalue weighted by atomic mass is 9.83. The van der Waals surface area contributed by atoms with Crippen LogP contribution in [0.25, 0.3) is 0 Å². The van der Waals surface area contributed by atoms with Gasteiger partial charge in [0.1, 0.15) is 5.60 Å². The van der Waals surface area contributed by atoms with Crippen LogP contribution in [0.3, 0.4) is 0 Å². The van der Waals surface area contributed by atoms with Gasteiger partial charge in [-0.25, -0.2) is 4.98 Å². The van der Waals surface area contributed by atoms with Gasteiger partial charge in [-0.15, -0.1) is 11.3 Å². The first-order valence-corrected chi connectivity index (χ1v) is 5.36. The highest BCUT2D eigenvalue weighted by Crippen LogP contribution is 2.33. The Labute approximate surface area is 82.0 Å². The van der Waals surface area contributed by atoms with Crippen LogP contribution in [0.4, 0.5) is 5.13 Å². The fourth-order valence-corrected chi connectivity index (χ4v) is 2.13. The lowest BCUT2D eigenvalue weighted by Gasteiger charge is -2.48. The van der Waals surface area contributed by atoms with E-state index in [9.17, 15) is 5.11 Å². The van der Waals surface area contributed by atoms with Crippen molar-refractivity contribution in [1.82, 2.24) is 4.98 Å². The Kier molecular flexibility index (Phi) is 2.04. The van der Waals surface area contributed by atoms with Crippen molar-refractivity contribution in [2.45, 2.75) is 19.4 Å². The molecule has 72 valence electrons. The molecule has 1 fully saturated rings. The van der Waals surface area contributed by atoms with Crippen LogP contribution in [-0.4, -0.2) is 28.8 Å². The van der Waals surface area contributed by atoms with Crippen LogP contribution in [-0.2, 0) is 0 Å². The Morgan fingerprint density at radius 2 is 2.31 bits per heavy atom. The van der Waals surface area contributed by atoms with Gasteiger partial charge in [0.25, 0.3) is 0 Å². The Hall–Kier alpha value is -0.610. The minimum atomic E-state index is -0.494. The third-order valence-corrected chi connectivity index (χ3v) is 3.53. The molecule has 4 heteroatoms. The summed E-state index contributed by atoms with van der Waals surface area (Å²) < 4.78 is 0. The average Bonchev–Trinajstić information content (AvgIpc) is 2.49. The van der Waals surface area contributed by atoms with Gasteiger partial charge in [0, 0.05) is 11.6 Å². The third kappa shape index (κ3) is 1.44. The number of hydrogen-bond donors (Lipinski definition) is 1. The third-order valence-electron chi connectivity index (χ3n) is 2.69. The van der Waals surface area contributed by atoms with E-state index in [0.717, 1.165) is 18.2 Å². The number of rotatable bonds is 2. The van der Waals surface area contributed by atoms with Crippen LogP contribution in [0.1, 0.15) is 13.8 Å². The molecule has 0 amide bonds. The predicted molar refractivity (Wildman–Crippen MR) is 54.1 cm³/mol. The molecule has 0 spiro atoms. The smallest absolute Gasteiger partial charge is 0.185 e. The molecular formula is C9H14N2OS. The van der Waals surface area contributed by atoms with Gasteiger partial charge in [0.15, 0.2) is 5.13 Å². The van der Waals surface area contributed by atoms with E-state index in [-0.39, 0.29) is 0 Å². The molecule has 0 aromatic carbocycles. The maximum Gasteiger partial charge on any atom is 0.185 e. The second kappa shape index (κ2) is 2.96. The van der Waals surface area contributed by atoms with Gasteiger partial charge in [-0.05, 0) is 5.92 Å². The summed E-state index contributed by atoms with van der Waals surface area (Å²) in [5.41, 5.74) is -0.494. The number of aliphatic hydroxyl groups is 1. The van der Waals surface area contributed by atoms with Crippen molar-refractivity contribution in [1.29, 1.82) is 0 Å². The van der Waals surface area contributed by atoms with Crippen LogP contribution < -0.4 is 4.90 Å². The monoisotopic (exact) mass is 198 g/mol. The molecule has 2 heterocycles. The van der Waals surface area contributed by atoms with E-state index in [1.54, 1.807) is 17.5 Å². The van der Waals surface area contributed by atoms with Crippen LogP contribution in [0.5, 0.6) is 0 Å². The first-order chi connectivity index (χ1) is 6.12. The van der Waals surface area contributed by atoms with Crippen molar-refractivity contribution < 1.29 is 5.11 Å². The Morgan fingerprint density at radius 3 is 2.77 bits per heavy atom. The number of aromatic nitrogens is 1. The Balaban J connectivity index is 1.99. The number of nitrogens with zero attached hydrogens (tertiary/aromatic N) is 2. The van der Waals surface area contributed by atoms with Crippen LogP contribution in [0, 0.1) is 5.92 Å². The minimum Gasteiger partial charge on any atom is -0.386 e. The van der Waals surface area contributed by atoms with E-state index in [0.29, 0.717) is 5.92 Å². The van der Waals surface area contributed by atoms with Crippen LogP contribution in [0.15, 0.2) is 11.6 Å². The van der Waals surface area contributed by atoms with E-state index in [2.05, 4.69) is 23.7 Å². The molecule has 0 aliphatic carbocycles. The van der Waals surface area contributed by atoms with Crippen molar-refractivity contribution in [3.05, 3.63) is 11.6 Å². The van der Waals surface area contributed by atoms with Crippen molar-refractivity contribution >= 4 is 16.5 Å². The van der Waals surface area contributed by atoms with Gasteiger partial charge in [-0.2, -0.15) is 0 Å². The summed E-state index contributed by atoms with van der Waals surface area (Å²) in [6.07, 6.45) is 1.80. The first kappa shape index (κ1) is 8.97. The van der Waals surface area contributed by atoms with Gasteiger partial charge in [-0.3, -0.25) is 0 Å². The molecule has 0 atom stereocenters. The maximum absolute atomic E-state index is 9.99. The Bertz CT molecular complexity index is 278. The standard InChI is InChI=1S/C9H14N2OS/c1-7(2)9(12)5-11(6-9)8-10-3-4-13-8/h3-4,7,12H,5-6H2,1-2H3. The topological polar surface area (TPSA) is 36.4 Å². The summed E-state index contributed by atoms with van der Waals surface area (Å²) >= 11 is 1.62.